The second-order valence-corrected chi connectivity index (χ2v) is 6.79. The molecule has 80 valence electrons. The van der Waals surface area contributed by atoms with Crippen LogP contribution in [0.1, 0.15) is 6.92 Å². The van der Waals surface area contributed by atoms with Gasteiger partial charge in [0.25, 0.3) is 0 Å². The number of rotatable bonds is 4. The molecule has 1 unspecified atom stereocenters. The molecule has 7 nitrogen and oxygen atoms in total. The molecule has 1 atom stereocenters. The molecule has 0 bridgehead atoms. The third kappa shape index (κ3) is 5.10. The highest BCUT2D eigenvalue weighted by Crippen LogP contribution is 2.58. The number of halogens is 1. The Labute approximate surface area is 79.4 Å². The van der Waals surface area contributed by atoms with Crippen LogP contribution in [-0.4, -0.2) is 30.6 Å². The quantitative estimate of drug-likeness (QED) is 0.267. The first-order chi connectivity index (χ1) is 5.55. The average Bonchev–Trinajstić information content (AvgIpc) is 1.77. The van der Waals surface area contributed by atoms with Crippen LogP contribution in [0.25, 0.3) is 0 Å². The van der Waals surface area contributed by atoms with Crippen molar-refractivity contribution in [2.45, 2.75) is 17.9 Å². The van der Waals surface area contributed by atoms with E-state index in [1.165, 1.54) is 6.92 Å². The van der Waals surface area contributed by atoms with E-state index in [1.54, 1.807) is 0 Å². The zero-order chi connectivity index (χ0) is 10.9. The minimum absolute atomic E-state index is 0.953. The minimum Gasteiger partial charge on any atom is -0.323 e. The minimum atomic E-state index is -4.91. The van der Waals surface area contributed by atoms with Crippen LogP contribution >= 0.6 is 26.8 Å². The average molecular weight is 254 g/mol. The summed E-state index contributed by atoms with van der Waals surface area (Å²) in [6.45, 7) is 1.29. The molecular formula is C3H10ClNO6P2. The fraction of sp³-hybridized carbons (Fsp3) is 1.00. The predicted molar refractivity (Wildman–Crippen MR) is 46.3 cm³/mol. The molecule has 13 heavy (non-hydrogen) atoms. The number of alkyl halides is 1. The second-order valence-electron chi connectivity index (χ2n) is 2.33. The number of hydrogen-bond acceptors (Lipinski definition) is 3. The van der Waals surface area contributed by atoms with E-state index in [1.807, 2.05) is 5.32 Å². The zero-order valence-corrected chi connectivity index (χ0v) is 9.08. The van der Waals surface area contributed by atoms with E-state index in [0.29, 0.717) is 0 Å². The summed E-state index contributed by atoms with van der Waals surface area (Å²) in [7, 11) is -9.82. The molecule has 0 aliphatic carbocycles. The van der Waals surface area contributed by atoms with Crippen LogP contribution in [0.2, 0.25) is 0 Å². The fourth-order valence-corrected chi connectivity index (χ4v) is 3.30. The molecule has 0 aromatic heterocycles. The van der Waals surface area contributed by atoms with Gasteiger partial charge in [0.05, 0.1) is 5.50 Å². The Hall–Kier alpha value is 0.550. The van der Waals surface area contributed by atoms with Crippen molar-refractivity contribution in [3.8, 4) is 0 Å². The van der Waals surface area contributed by atoms with E-state index in [4.69, 9.17) is 31.2 Å². The molecule has 0 heterocycles. The van der Waals surface area contributed by atoms with E-state index in [0.717, 1.165) is 0 Å². The Balaban J connectivity index is 4.80. The van der Waals surface area contributed by atoms with Gasteiger partial charge in [0.1, 0.15) is 0 Å². The lowest BCUT2D eigenvalue weighted by molar-refractivity contribution is 0.327. The maximum absolute atomic E-state index is 10.6. The van der Waals surface area contributed by atoms with Gasteiger partial charge < -0.3 is 19.6 Å². The zero-order valence-electron chi connectivity index (χ0n) is 6.53. The van der Waals surface area contributed by atoms with Gasteiger partial charge in [0.15, 0.2) is 0 Å². The van der Waals surface area contributed by atoms with E-state index >= 15 is 0 Å². The van der Waals surface area contributed by atoms with Gasteiger partial charge in [-0.3, -0.25) is 14.4 Å². The molecule has 5 N–H and O–H groups in total. The van der Waals surface area contributed by atoms with E-state index in [2.05, 4.69) is 0 Å². The van der Waals surface area contributed by atoms with E-state index in [-0.39, 0.29) is 0 Å². The van der Waals surface area contributed by atoms with Crippen molar-refractivity contribution in [2.24, 2.45) is 0 Å². The SMILES string of the molecule is CC(Cl)NC(P(=O)(O)O)P(=O)(O)O. The number of hydrogen-bond donors (Lipinski definition) is 5. The van der Waals surface area contributed by atoms with E-state index in [9.17, 15) is 9.13 Å². The highest BCUT2D eigenvalue weighted by molar-refractivity contribution is 7.70. The highest BCUT2D eigenvalue weighted by Gasteiger charge is 2.43. The maximum atomic E-state index is 10.6. The van der Waals surface area contributed by atoms with Gasteiger partial charge in [-0.05, 0) is 6.92 Å². The summed E-state index contributed by atoms with van der Waals surface area (Å²) in [5.74, 6) is 0. The molecule has 0 saturated heterocycles. The van der Waals surface area contributed by atoms with Crippen molar-refractivity contribution in [1.29, 1.82) is 0 Å². The molecule has 0 radical (unpaired) electrons. The van der Waals surface area contributed by atoms with Gasteiger partial charge in [-0.2, -0.15) is 0 Å². The predicted octanol–water partition coefficient (Wildman–Crippen LogP) is -0.200. The van der Waals surface area contributed by atoms with Crippen molar-refractivity contribution in [3.05, 3.63) is 0 Å². The summed E-state index contributed by atoms with van der Waals surface area (Å²) in [5, 5.41) is 1.90. The molecule has 0 spiro atoms. The molecule has 0 aliphatic heterocycles. The second kappa shape index (κ2) is 4.38. The fourth-order valence-electron chi connectivity index (χ4n) is 0.596. The summed E-state index contributed by atoms with van der Waals surface area (Å²) in [4.78, 5) is 34.2. The summed E-state index contributed by atoms with van der Waals surface area (Å²) in [5.41, 5.74) is -3.20. The van der Waals surface area contributed by atoms with Gasteiger partial charge in [0.2, 0.25) is 5.52 Å². The van der Waals surface area contributed by atoms with Crippen molar-refractivity contribution >= 4 is 26.8 Å². The Kier molecular flexibility index (Phi) is 4.57. The van der Waals surface area contributed by atoms with Gasteiger partial charge in [-0.25, -0.2) is 0 Å². The normalized spacial score (nSPS) is 16.2. The number of nitrogens with one attached hydrogen (secondary N) is 1. The smallest absolute Gasteiger partial charge is 0.323 e. The first-order valence-corrected chi connectivity index (χ1v) is 6.85. The lowest BCUT2D eigenvalue weighted by Gasteiger charge is -2.21. The standard InChI is InChI=1S/C3H10ClNO6P2/c1-2(4)5-3(12(6,7)8)13(9,10)11/h2-3,5H,1H3,(H2,6,7,8)(H2,9,10,11). The van der Waals surface area contributed by atoms with Gasteiger partial charge in [-0.15, -0.1) is 11.6 Å². The summed E-state index contributed by atoms with van der Waals surface area (Å²) in [6.07, 6.45) is 0. The molecule has 0 saturated carbocycles. The van der Waals surface area contributed by atoms with Crippen LogP contribution < -0.4 is 5.32 Å². The van der Waals surface area contributed by atoms with Crippen molar-refractivity contribution in [3.63, 3.8) is 0 Å². The van der Waals surface area contributed by atoms with Crippen LogP contribution in [-0.2, 0) is 9.13 Å². The molecule has 0 aromatic carbocycles. The van der Waals surface area contributed by atoms with Crippen molar-refractivity contribution in [1.82, 2.24) is 5.32 Å². The Bertz CT molecular complexity index is 235. The molecule has 0 rings (SSSR count). The van der Waals surface area contributed by atoms with Crippen LogP contribution in [0.5, 0.6) is 0 Å². The molecular weight excluding hydrogens is 243 g/mol. The summed E-state index contributed by atoms with van der Waals surface area (Å²) >= 11 is 5.29. The monoisotopic (exact) mass is 253 g/mol. The van der Waals surface area contributed by atoms with Gasteiger partial charge in [-0.1, -0.05) is 0 Å². The van der Waals surface area contributed by atoms with Crippen molar-refractivity contribution < 1.29 is 28.7 Å². The lowest BCUT2D eigenvalue weighted by atomic mass is 10.8. The highest BCUT2D eigenvalue weighted by atomic mass is 35.5. The topological polar surface area (TPSA) is 127 Å². The van der Waals surface area contributed by atoms with E-state index < -0.39 is 26.2 Å². The van der Waals surface area contributed by atoms with Crippen LogP contribution in [0.15, 0.2) is 0 Å². The third-order valence-corrected chi connectivity index (χ3v) is 4.52. The third-order valence-electron chi connectivity index (χ3n) is 1.02. The molecule has 0 aromatic rings. The van der Waals surface area contributed by atoms with Crippen LogP contribution in [0, 0.1) is 0 Å². The molecule has 10 heteroatoms. The Morgan fingerprint density at radius 2 is 1.46 bits per heavy atom. The molecule has 0 amide bonds. The van der Waals surface area contributed by atoms with Gasteiger partial charge in [0, 0.05) is 0 Å². The molecule has 0 aliphatic rings. The molecule has 0 fully saturated rings. The largest absolute Gasteiger partial charge is 0.354 e. The van der Waals surface area contributed by atoms with Crippen LogP contribution in [0.3, 0.4) is 0 Å². The van der Waals surface area contributed by atoms with Crippen LogP contribution in [0.4, 0.5) is 0 Å². The first-order valence-electron chi connectivity index (χ1n) is 3.05. The Morgan fingerprint density at radius 1 is 1.15 bits per heavy atom. The summed E-state index contributed by atoms with van der Waals surface area (Å²) in [6, 6.07) is 0. The van der Waals surface area contributed by atoms with Gasteiger partial charge >= 0.3 is 15.2 Å². The Morgan fingerprint density at radius 3 is 1.54 bits per heavy atom. The maximum Gasteiger partial charge on any atom is 0.354 e. The lowest BCUT2D eigenvalue weighted by Crippen LogP contribution is -2.33. The summed E-state index contributed by atoms with van der Waals surface area (Å²) < 4.78 is 21.2. The van der Waals surface area contributed by atoms with Crippen molar-refractivity contribution in [2.75, 3.05) is 0 Å². The first kappa shape index (κ1) is 13.5.